The number of nitrogens with one attached hydrogen (secondary N) is 2. The number of unbranched alkanes of at least 4 members (excludes halogenated alkanes) is 7. The van der Waals surface area contributed by atoms with Crippen LogP contribution in [0, 0.1) is 6.92 Å². The Balaban J connectivity index is 2.05. The van der Waals surface area contributed by atoms with E-state index in [1.807, 2.05) is 25.1 Å². The van der Waals surface area contributed by atoms with E-state index in [1.165, 1.54) is 51.4 Å². The third kappa shape index (κ3) is 8.60. The number of hydrogen-bond acceptors (Lipinski definition) is 1. The lowest BCUT2D eigenvalue weighted by Crippen LogP contribution is -2.29. The SMILES string of the molecule is CCCCCCCCCCNC(=S)Nc1ccc(C)c(Cl)c1. The smallest absolute Gasteiger partial charge is 0.170 e. The van der Waals surface area contributed by atoms with Crippen LogP contribution in [-0.4, -0.2) is 11.7 Å². The van der Waals surface area contributed by atoms with E-state index >= 15 is 0 Å². The molecule has 22 heavy (non-hydrogen) atoms. The monoisotopic (exact) mass is 340 g/mol. The summed E-state index contributed by atoms with van der Waals surface area (Å²) in [5.41, 5.74) is 2.01. The van der Waals surface area contributed by atoms with Crippen molar-refractivity contribution in [1.29, 1.82) is 0 Å². The highest BCUT2D eigenvalue weighted by molar-refractivity contribution is 7.80. The Bertz CT molecular complexity index is 449. The number of rotatable bonds is 10. The molecule has 0 aliphatic carbocycles. The first-order chi connectivity index (χ1) is 10.6. The van der Waals surface area contributed by atoms with Crippen LogP contribution in [0.1, 0.15) is 63.9 Å². The largest absolute Gasteiger partial charge is 0.362 e. The average molecular weight is 341 g/mol. The zero-order chi connectivity index (χ0) is 16.2. The van der Waals surface area contributed by atoms with Crippen LogP contribution in [0.4, 0.5) is 5.69 Å². The summed E-state index contributed by atoms with van der Waals surface area (Å²) >= 11 is 11.4. The Labute approximate surface area is 146 Å². The Morgan fingerprint density at radius 1 is 1.05 bits per heavy atom. The highest BCUT2D eigenvalue weighted by Crippen LogP contribution is 2.19. The van der Waals surface area contributed by atoms with Gasteiger partial charge in [-0.2, -0.15) is 0 Å². The molecule has 2 nitrogen and oxygen atoms in total. The molecule has 124 valence electrons. The molecule has 1 rings (SSSR count). The topological polar surface area (TPSA) is 24.1 Å². The third-order valence-electron chi connectivity index (χ3n) is 3.75. The Hall–Kier alpha value is -0.800. The summed E-state index contributed by atoms with van der Waals surface area (Å²) in [7, 11) is 0. The van der Waals surface area contributed by atoms with Gasteiger partial charge in [-0.3, -0.25) is 0 Å². The number of benzene rings is 1. The zero-order valence-corrected chi connectivity index (χ0v) is 15.5. The Morgan fingerprint density at radius 3 is 2.32 bits per heavy atom. The van der Waals surface area contributed by atoms with E-state index in [-0.39, 0.29) is 0 Å². The first kappa shape index (κ1) is 19.2. The molecule has 0 fully saturated rings. The second-order valence-corrected chi connectivity index (χ2v) is 6.64. The van der Waals surface area contributed by atoms with Gasteiger partial charge in [-0.05, 0) is 43.3 Å². The van der Waals surface area contributed by atoms with E-state index in [4.69, 9.17) is 23.8 Å². The molecule has 0 saturated carbocycles. The van der Waals surface area contributed by atoms with E-state index in [9.17, 15) is 0 Å². The van der Waals surface area contributed by atoms with Crippen molar-refractivity contribution in [2.45, 2.75) is 65.2 Å². The van der Waals surface area contributed by atoms with Crippen molar-refractivity contribution in [3.05, 3.63) is 28.8 Å². The fraction of sp³-hybridized carbons (Fsp3) is 0.611. The number of aryl methyl sites for hydroxylation is 1. The molecule has 4 heteroatoms. The van der Waals surface area contributed by atoms with Gasteiger partial charge in [0.05, 0.1) is 0 Å². The van der Waals surface area contributed by atoms with Crippen LogP contribution in [0.25, 0.3) is 0 Å². The lowest BCUT2D eigenvalue weighted by Gasteiger charge is -2.11. The van der Waals surface area contributed by atoms with Gasteiger partial charge in [-0.1, -0.05) is 69.5 Å². The van der Waals surface area contributed by atoms with Crippen molar-refractivity contribution in [3.63, 3.8) is 0 Å². The Kier molecular flexibility index (Phi) is 10.3. The second kappa shape index (κ2) is 11.7. The predicted octanol–water partition coefficient (Wildman–Crippen LogP) is 6.08. The van der Waals surface area contributed by atoms with E-state index < -0.39 is 0 Å². The minimum Gasteiger partial charge on any atom is -0.362 e. The molecule has 0 saturated heterocycles. The van der Waals surface area contributed by atoms with Crippen LogP contribution >= 0.6 is 23.8 Å². The van der Waals surface area contributed by atoms with Gasteiger partial charge in [0, 0.05) is 17.3 Å². The van der Waals surface area contributed by atoms with Gasteiger partial charge in [-0.15, -0.1) is 0 Å². The van der Waals surface area contributed by atoms with E-state index in [1.54, 1.807) is 0 Å². The molecule has 0 atom stereocenters. The fourth-order valence-electron chi connectivity index (χ4n) is 2.31. The summed E-state index contributed by atoms with van der Waals surface area (Å²) in [4.78, 5) is 0. The highest BCUT2D eigenvalue weighted by atomic mass is 35.5. The molecule has 1 aromatic carbocycles. The van der Waals surface area contributed by atoms with Crippen LogP contribution in [0.15, 0.2) is 18.2 Å². The normalized spacial score (nSPS) is 10.5. The lowest BCUT2D eigenvalue weighted by atomic mass is 10.1. The maximum Gasteiger partial charge on any atom is 0.170 e. The van der Waals surface area contributed by atoms with Crippen molar-refractivity contribution >= 4 is 34.6 Å². The number of anilines is 1. The molecule has 2 N–H and O–H groups in total. The second-order valence-electron chi connectivity index (χ2n) is 5.82. The maximum atomic E-state index is 6.10. The van der Waals surface area contributed by atoms with Crippen LogP contribution in [0.2, 0.25) is 5.02 Å². The zero-order valence-electron chi connectivity index (χ0n) is 13.9. The van der Waals surface area contributed by atoms with Crippen molar-refractivity contribution in [1.82, 2.24) is 5.32 Å². The summed E-state index contributed by atoms with van der Waals surface area (Å²) in [6.07, 6.45) is 10.6. The number of hydrogen-bond donors (Lipinski definition) is 2. The van der Waals surface area contributed by atoms with Gasteiger partial charge >= 0.3 is 0 Å². The summed E-state index contributed by atoms with van der Waals surface area (Å²) in [5.74, 6) is 0. The number of thiocarbonyl (C=S) groups is 1. The highest BCUT2D eigenvalue weighted by Gasteiger charge is 2.00. The first-order valence-electron chi connectivity index (χ1n) is 8.44. The quantitative estimate of drug-likeness (QED) is 0.399. The van der Waals surface area contributed by atoms with Crippen molar-refractivity contribution in [2.24, 2.45) is 0 Å². The van der Waals surface area contributed by atoms with Crippen molar-refractivity contribution in [2.75, 3.05) is 11.9 Å². The maximum absolute atomic E-state index is 6.10. The molecule has 0 aromatic heterocycles. The summed E-state index contributed by atoms with van der Waals surface area (Å²) in [6, 6.07) is 5.89. The molecular weight excluding hydrogens is 312 g/mol. The Morgan fingerprint density at radius 2 is 1.68 bits per heavy atom. The summed E-state index contributed by atoms with van der Waals surface area (Å²) in [6.45, 7) is 5.18. The minimum absolute atomic E-state index is 0.669. The molecule has 0 unspecified atom stereocenters. The molecule has 0 radical (unpaired) electrons. The van der Waals surface area contributed by atoms with Crippen LogP contribution in [0.3, 0.4) is 0 Å². The standard InChI is InChI=1S/C18H29ClN2S/c1-3-4-5-6-7-8-9-10-13-20-18(22)21-16-12-11-15(2)17(19)14-16/h11-12,14H,3-10,13H2,1-2H3,(H2,20,21,22). The van der Waals surface area contributed by atoms with E-state index in [0.717, 1.165) is 22.8 Å². The van der Waals surface area contributed by atoms with Gasteiger partial charge in [-0.25, -0.2) is 0 Å². The van der Waals surface area contributed by atoms with Gasteiger partial charge in [0.1, 0.15) is 0 Å². The average Bonchev–Trinajstić information content (AvgIpc) is 2.49. The van der Waals surface area contributed by atoms with E-state index in [2.05, 4.69) is 17.6 Å². The lowest BCUT2D eigenvalue weighted by molar-refractivity contribution is 0.573. The van der Waals surface area contributed by atoms with Gasteiger partial charge in [0.2, 0.25) is 0 Å². The number of halogens is 1. The molecule has 0 aliphatic rings. The van der Waals surface area contributed by atoms with Crippen LogP contribution in [0.5, 0.6) is 0 Å². The van der Waals surface area contributed by atoms with Gasteiger partial charge < -0.3 is 10.6 Å². The van der Waals surface area contributed by atoms with Gasteiger partial charge in [0.25, 0.3) is 0 Å². The molecule has 1 aromatic rings. The minimum atomic E-state index is 0.669. The molecule has 0 aliphatic heterocycles. The van der Waals surface area contributed by atoms with Gasteiger partial charge in [0.15, 0.2) is 5.11 Å². The molecule has 0 heterocycles. The van der Waals surface area contributed by atoms with Crippen molar-refractivity contribution < 1.29 is 0 Å². The molecule has 0 bridgehead atoms. The fourth-order valence-corrected chi connectivity index (χ4v) is 2.71. The van der Waals surface area contributed by atoms with Crippen LogP contribution in [-0.2, 0) is 0 Å². The molecule has 0 amide bonds. The van der Waals surface area contributed by atoms with Crippen molar-refractivity contribution in [3.8, 4) is 0 Å². The molecular formula is C18H29ClN2S. The first-order valence-corrected chi connectivity index (χ1v) is 9.23. The predicted molar refractivity (Wildman–Crippen MR) is 103 cm³/mol. The molecule has 0 spiro atoms. The van der Waals surface area contributed by atoms with Crippen LogP contribution < -0.4 is 10.6 Å². The summed E-state index contributed by atoms with van der Waals surface area (Å²) < 4.78 is 0. The summed E-state index contributed by atoms with van der Waals surface area (Å²) in [5, 5.41) is 7.85. The van der Waals surface area contributed by atoms with E-state index in [0.29, 0.717) is 5.11 Å². The third-order valence-corrected chi connectivity index (χ3v) is 4.40.